The monoisotopic (exact) mass is 416 g/mol. The van der Waals surface area contributed by atoms with Crippen LogP contribution < -0.4 is 0 Å². The van der Waals surface area contributed by atoms with Crippen molar-refractivity contribution in [3.63, 3.8) is 0 Å². The van der Waals surface area contributed by atoms with Gasteiger partial charge in [0.1, 0.15) is 0 Å². The van der Waals surface area contributed by atoms with E-state index in [-0.39, 0.29) is 31.6 Å². The fourth-order valence-electron chi connectivity index (χ4n) is 5.01. The molecule has 0 radical (unpaired) electrons. The van der Waals surface area contributed by atoms with Crippen LogP contribution in [-0.4, -0.2) is 0 Å². The van der Waals surface area contributed by atoms with Gasteiger partial charge < -0.3 is 0 Å². The molecule has 2 aliphatic rings. The summed E-state index contributed by atoms with van der Waals surface area (Å²) in [7, 11) is 0. The first kappa shape index (κ1) is 19.3. The molecular weight excluding hydrogens is 391 g/mol. The van der Waals surface area contributed by atoms with E-state index in [9.17, 15) is 0 Å². The molecule has 0 spiro atoms. The standard InChI is InChI=1S/C25H26.Zr/c1-4-5-17-25(3,23-16-10-11-18(23)2)24-21-14-8-6-12-19(21)20-13-7-9-15-22(20)24;/h4,6-15,24H,1,5,16-17H2,2-3H3;/q;+2. The second-order valence-corrected chi connectivity index (χ2v) is 7.62. The van der Waals surface area contributed by atoms with Gasteiger partial charge in [0.05, 0.1) is 0 Å². The van der Waals surface area contributed by atoms with Gasteiger partial charge in [-0.25, -0.2) is 0 Å². The first-order valence-corrected chi connectivity index (χ1v) is 9.32. The molecule has 0 heterocycles. The van der Waals surface area contributed by atoms with Crippen molar-refractivity contribution in [2.24, 2.45) is 5.41 Å². The summed E-state index contributed by atoms with van der Waals surface area (Å²) in [6.07, 6.45) is 9.97. The van der Waals surface area contributed by atoms with Gasteiger partial charge in [0.25, 0.3) is 0 Å². The molecular formula is C25H26Zr+2. The molecule has 1 unspecified atom stereocenters. The van der Waals surface area contributed by atoms with Gasteiger partial charge >= 0.3 is 26.2 Å². The zero-order valence-electron chi connectivity index (χ0n) is 15.8. The number of hydrogen-bond donors (Lipinski definition) is 0. The van der Waals surface area contributed by atoms with Crippen LogP contribution in [0.1, 0.15) is 50.2 Å². The Bertz CT molecular complexity index is 841. The van der Waals surface area contributed by atoms with Crippen LogP contribution in [-0.2, 0) is 26.2 Å². The Morgan fingerprint density at radius 3 is 2.12 bits per heavy atom. The number of benzene rings is 2. The molecule has 2 aliphatic carbocycles. The Hall–Kier alpha value is -1.46. The molecule has 1 heteroatoms. The van der Waals surface area contributed by atoms with Gasteiger partial charge in [-0.05, 0) is 48.4 Å². The Morgan fingerprint density at radius 1 is 1.04 bits per heavy atom. The molecule has 0 nitrogen and oxygen atoms in total. The molecule has 0 saturated carbocycles. The second kappa shape index (κ2) is 7.65. The molecule has 2 aromatic carbocycles. The van der Waals surface area contributed by atoms with Crippen LogP contribution in [0.3, 0.4) is 0 Å². The van der Waals surface area contributed by atoms with Crippen LogP contribution in [0.5, 0.6) is 0 Å². The Balaban J connectivity index is 0.00000196. The van der Waals surface area contributed by atoms with Crippen molar-refractivity contribution in [2.75, 3.05) is 0 Å². The summed E-state index contributed by atoms with van der Waals surface area (Å²) in [6.45, 7) is 8.75. The number of fused-ring (bicyclic) bond motifs is 3. The third kappa shape index (κ3) is 2.95. The maximum atomic E-state index is 3.99. The summed E-state index contributed by atoms with van der Waals surface area (Å²) in [5.41, 5.74) is 8.98. The van der Waals surface area contributed by atoms with Crippen LogP contribution in [0.4, 0.5) is 0 Å². The Morgan fingerprint density at radius 2 is 1.62 bits per heavy atom. The fourth-order valence-corrected chi connectivity index (χ4v) is 5.01. The molecule has 4 rings (SSSR count). The molecule has 0 saturated heterocycles. The van der Waals surface area contributed by atoms with E-state index in [0.717, 1.165) is 19.3 Å². The van der Waals surface area contributed by atoms with Crippen LogP contribution in [0.2, 0.25) is 0 Å². The summed E-state index contributed by atoms with van der Waals surface area (Å²) in [5.74, 6) is 0.421. The van der Waals surface area contributed by atoms with Crippen molar-refractivity contribution in [3.8, 4) is 11.1 Å². The molecule has 0 aromatic heterocycles. The quantitative estimate of drug-likeness (QED) is 0.457. The average molecular weight is 418 g/mol. The molecule has 26 heavy (non-hydrogen) atoms. The summed E-state index contributed by atoms with van der Waals surface area (Å²) in [4.78, 5) is 0. The largest absolute Gasteiger partial charge is 2.00 e. The van der Waals surface area contributed by atoms with Crippen molar-refractivity contribution in [3.05, 3.63) is 95.6 Å². The van der Waals surface area contributed by atoms with Crippen LogP contribution >= 0.6 is 0 Å². The van der Waals surface area contributed by atoms with Gasteiger partial charge in [0.2, 0.25) is 0 Å². The van der Waals surface area contributed by atoms with Gasteiger partial charge in [-0.3, -0.25) is 0 Å². The van der Waals surface area contributed by atoms with Crippen molar-refractivity contribution in [2.45, 2.75) is 39.0 Å². The van der Waals surface area contributed by atoms with Gasteiger partial charge in [0, 0.05) is 11.3 Å². The average Bonchev–Trinajstić information content (AvgIpc) is 3.22. The Labute approximate surface area is 176 Å². The zero-order valence-corrected chi connectivity index (χ0v) is 18.2. The smallest absolute Gasteiger partial charge is 0.103 e. The molecule has 0 N–H and O–H groups in total. The van der Waals surface area contributed by atoms with E-state index in [2.05, 4.69) is 87.2 Å². The molecule has 0 aliphatic heterocycles. The fraction of sp³-hybridized carbons (Fsp3) is 0.280. The minimum atomic E-state index is 0. The SMILES string of the molecule is C=CCCC(C)(C1=C(C)C=CC1)C1c2ccccc2-c2ccccc21.[Zr+2]. The molecule has 1 atom stereocenters. The van der Waals surface area contributed by atoms with Crippen LogP contribution in [0.15, 0.2) is 84.5 Å². The van der Waals surface area contributed by atoms with Crippen molar-refractivity contribution in [1.82, 2.24) is 0 Å². The summed E-state index contributed by atoms with van der Waals surface area (Å²) < 4.78 is 0. The van der Waals surface area contributed by atoms with E-state index in [1.54, 1.807) is 5.57 Å². The summed E-state index contributed by atoms with van der Waals surface area (Å²) in [5, 5.41) is 0. The van der Waals surface area contributed by atoms with E-state index in [1.807, 2.05) is 0 Å². The topological polar surface area (TPSA) is 0 Å². The maximum Gasteiger partial charge on any atom is 2.00 e. The van der Waals surface area contributed by atoms with Gasteiger partial charge in [0.15, 0.2) is 0 Å². The molecule has 0 bridgehead atoms. The number of hydrogen-bond acceptors (Lipinski definition) is 0. The molecule has 0 fully saturated rings. The van der Waals surface area contributed by atoms with E-state index in [0.29, 0.717) is 5.92 Å². The zero-order chi connectivity index (χ0) is 17.4. The summed E-state index contributed by atoms with van der Waals surface area (Å²) >= 11 is 0. The maximum absolute atomic E-state index is 3.99. The molecule has 128 valence electrons. The third-order valence-electron chi connectivity index (χ3n) is 6.19. The normalized spacial score (nSPS) is 17.5. The minimum Gasteiger partial charge on any atom is -0.103 e. The van der Waals surface area contributed by atoms with Crippen molar-refractivity contribution >= 4 is 0 Å². The first-order valence-electron chi connectivity index (χ1n) is 9.32. The van der Waals surface area contributed by atoms with E-state index < -0.39 is 0 Å². The van der Waals surface area contributed by atoms with E-state index in [4.69, 9.17) is 0 Å². The molecule has 0 amide bonds. The predicted octanol–water partition coefficient (Wildman–Crippen LogP) is 7.05. The van der Waals surface area contributed by atoms with E-state index >= 15 is 0 Å². The Kier molecular flexibility index (Phi) is 5.68. The van der Waals surface area contributed by atoms with Crippen molar-refractivity contribution in [1.29, 1.82) is 0 Å². The predicted molar refractivity (Wildman–Crippen MR) is 108 cm³/mol. The van der Waals surface area contributed by atoms with E-state index in [1.165, 1.54) is 27.8 Å². The van der Waals surface area contributed by atoms with Gasteiger partial charge in [-0.2, -0.15) is 0 Å². The van der Waals surface area contributed by atoms with Crippen LogP contribution in [0, 0.1) is 5.41 Å². The van der Waals surface area contributed by atoms with Crippen LogP contribution in [0.25, 0.3) is 11.1 Å². The third-order valence-corrected chi connectivity index (χ3v) is 6.19. The van der Waals surface area contributed by atoms with Crippen molar-refractivity contribution < 1.29 is 26.2 Å². The summed E-state index contributed by atoms with van der Waals surface area (Å²) in [6, 6.07) is 18.0. The van der Waals surface area contributed by atoms with Gasteiger partial charge in [-0.15, -0.1) is 6.58 Å². The number of rotatable bonds is 5. The number of allylic oxidation sites excluding steroid dienone is 5. The minimum absolute atomic E-state index is 0. The molecule has 2 aromatic rings. The second-order valence-electron chi connectivity index (χ2n) is 7.62. The first-order chi connectivity index (χ1) is 12.2. The van der Waals surface area contributed by atoms with Gasteiger partial charge in [-0.1, -0.05) is 84.8 Å².